The lowest BCUT2D eigenvalue weighted by atomic mass is 10.00. The summed E-state index contributed by atoms with van der Waals surface area (Å²) in [7, 11) is -0.779. The Morgan fingerprint density at radius 2 is 1.88 bits per heavy atom. The van der Waals surface area contributed by atoms with Gasteiger partial charge in [-0.1, -0.05) is 0 Å². The van der Waals surface area contributed by atoms with E-state index in [1.54, 1.807) is 30.5 Å². The molecule has 216 valence electrons. The van der Waals surface area contributed by atoms with Crippen molar-refractivity contribution in [2.24, 2.45) is 0 Å². The van der Waals surface area contributed by atoms with Gasteiger partial charge in [0.2, 0.25) is 10.0 Å². The molecule has 0 fully saturated rings. The summed E-state index contributed by atoms with van der Waals surface area (Å²) in [6, 6.07) is 16.2. The van der Waals surface area contributed by atoms with Crippen LogP contribution in [0.2, 0.25) is 0 Å². The van der Waals surface area contributed by atoms with Crippen molar-refractivity contribution < 1.29 is 26.8 Å². The Kier molecular flexibility index (Phi) is 5.99. The lowest BCUT2D eigenvalue weighted by molar-refractivity contribution is 0.0964. The first kappa shape index (κ1) is 26.7. The van der Waals surface area contributed by atoms with E-state index in [0.29, 0.717) is 51.6 Å². The lowest BCUT2D eigenvalue weighted by Gasteiger charge is -2.22. The van der Waals surface area contributed by atoms with Crippen LogP contribution in [0.3, 0.4) is 0 Å². The van der Waals surface area contributed by atoms with Crippen LogP contribution in [-0.2, 0) is 16.6 Å². The van der Waals surface area contributed by atoms with E-state index in [2.05, 4.69) is 15.3 Å². The highest BCUT2D eigenvalue weighted by Crippen LogP contribution is 2.44. The number of pyridine rings is 2. The van der Waals surface area contributed by atoms with Gasteiger partial charge < -0.3 is 19.5 Å². The zero-order chi connectivity index (χ0) is 30.0. The Hall–Kier alpha value is -5.23. The second-order valence-electron chi connectivity index (χ2n) is 10.2. The number of furan rings is 1. The molecule has 1 aliphatic heterocycles. The summed E-state index contributed by atoms with van der Waals surface area (Å²) in [5.41, 5.74) is 5.12. The maximum absolute atomic E-state index is 13.7. The van der Waals surface area contributed by atoms with Gasteiger partial charge in [0.25, 0.3) is 5.91 Å². The SMILES string of the molecule is CNC(=O)c1c(-c2ccc(F)cc2)oc2cc(N(C)S(C)(=O)=O)c(-c3ccc4c(n3)-c3[nH]c5ncccc5c3CO4)cc12. The zero-order valence-corrected chi connectivity index (χ0v) is 24.0. The molecule has 2 aromatic carbocycles. The number of sulfonamides is 1. The Morgan fingerprint density at radius 1 is 1.09 bits per heavy atom. The molecular formula is C31H24FN5O5S. The van der Waals surface area contributed by atoms with E-state index in [1.165, 1.54) is 38.4 Å². The monoisotopic (exact) mass is 597 g/mol. The van der Waals surface area contributed by atoms with Crippen LogP contribution in [0.5, 0.6) is 5.75 Å². The van der Waals surface area contributed by atoms with Crippen molar-refractivity contribution in [1.82, 2.24) is 20.3 Å². The van der Waals surface area contributed by atoms with Gasteiger partial charge >= 0.3 is 0 Å². The highest BCUT2D eigenvalue weighted by atomic mass is 32.2. The number of hydrogen-bond donors (Lipinski definition) is 2. The number of aromatic amines is 1. The van der Waals surface area contributed by atoms with Crippen LogP contribution in [0.25, 0.3) is 56.0 Å². The molecule has 0 unspecified atom stereocenters. The summed E-state index contributed by atoms with van der Waals surface area (Å²) < 4.78 is 52.6. The second kappa shape index (κ2) is 9.66. The average Bonchev–Trinajstić information content (AvgIpc) is 3.58. The normalized spacial score (nSPS) is 12.6. The number of halogens is 1. The first-order chi connectivity index (χ1) is 20.6. The van der Waals surface area contributed by atoms with Crippen LogP contribution in [0.4, 0.5) is 10.1 Å². The first-order valence-corrected chi connectivity index (χ1v) is 15.1. The molecule has 4 aromatic heterocycles. The summed E-state index contributed by atoms with van der Waals surface area (Å²) in [6.45, 7) is 0.347. The van der Waals surface area contributed by atoms with Crippen molar-refractivity contribution in [2.45, 2.75) is 6.61 Å². The maximum Gasteiger partial charge on any atom is 0.255 e. The summed E-state index contributed by atoms with van der Waals surface area (Å²) >= 11 is 0. The minimum atomic E-state index is -3.72. The number of benzene rings is 2. The lowest BCUT2D eigenvalue weighted by Crippen LogP contribution is -2.25. The summed E-state index contributed by atoms with van der Waals surface area (Å²) in [5.74, 6) is -0.0661. The van der Waals surface area contributed by atoms with Crippen LogP contribution in [0.1, 0.15) is 15.9 Å². The van der Waals surface area contributed by atoms with Gasteiger partial charge in [-0.25, -0.2) is 22.8 Å². The van der Waals surface area contributed by atoms with Gasteiger partial charge in [-0.2, -0.15) is 0 Å². The van der Waals surface area contributed by atoms with Gasteiger partial charge in [0.05, 0.1) is 28.9 Å². The molecule has 6 aromatic rings. The number of carbonyl (C=O) groups excluding carboxylic acids is 1. The number of H-pyrrole nitrogens is 1. The zero-order valence-electron chi connectivity index (χ0n) is 23.2. The van der Waals surface area contributed by atoms with Gasteiger partial charge in [-0.3, -0.25) is 9.10 Å². The van der Waals surface area contributed by atoms with E-state index in [1.807, 2.05) is 12.1 Å². The molecule has 0 aliphatic carbocycles. The number of rotatable bonds is 5. The van der Waals surface area contributed by atoms with Crippen molar-refractivity contribution in [2.75, 3.05) is 24.7 Å². The molecular weight excluding hydrogens is 573 g/mol. The number of nitrogens with zero attached hydrogens (tertiary/aromatic N) is 3. The van der Waals surface area contributed by atoms with E-state index >= 15 is 0 Å². The number of anilines is 1. The fourth-order valence-electron chi connectivity index (χ4n) is 5.40. The molecule has 1 aliphatic rings. The number of fused-ring (bicyclic) bond motifs is 6. The van der Waals surface area contributed by atoms with Gasteiger partial charge in [-0.05, 0) is 54.6 Å². The van der Waals surface area contributed by atoms with Crippen LogP contribution < -0.4 is 14.4 Å². The van der Waals surface area contributed by atoms with Gasteiger partial charge in [0.1, 0.15) is 40.9 Å². The molecule has 43 heavy (non-hydrogen) atoms. The standard InChI is InChI=1S/C31H24FN5O5S/c1-33-31(38)26-20-13-19(22-10-11-24-28(35-22)27-21(15-41-24)18-5-4-12-34-30(18)36-27)23(37(2)43(3,39)40)14-25(20)42-29(26)16-6-8-17(32)9-7-16/h4-14H,15H2,1-3H3,(H,33,38)(H,34,36). The Morgan fingerprint density at radius 3 is 2.63 bits per heavy atom. The third-order valence-corrected chi connectivity index (χ3v) is 8.82. The molecule has 12 heteroatoms. The largest absolute Gasteiger partial charge is 0.486 e. The Labute approximate surface area is 245 Å². The molecule has 2 N–H and O–H groups in total. The van der Waals surface area contributed by atoms with Crippen molar-refractivity contribution >= 4 is 43.6 Å². The molecule has 10 nitrogen and oxygen atoms in total. The second-order valence-corrected chi connectivity index (χ2v) is 12.2. The number of nitrogens with one attached hydrogen (secondary N) is 2. The van der Waals surface area contributed by atoms with Gasteiger partial charge in [-0.15, -0.1) is 0 Å². The van der Waals surface area contributed by atoms with Crippen molar-refractivity contribution in [1.29, 1.82) is 0 Å². The number of amides is 1. The quantitative estimate of drug-likeness (QED) is 0.269. The highest BCUT2D eigenvalue weighted by Gasteiger charge is 2.28. The third kappa shape index (κ3) is 4.29. The average molecular weight is 598 g/mol. The van der Waals surface area contributed by atoms with Crippen LogP contribution in [-0.4, -0.2) is 49.6 Å². The topological polar surface area (TPSA) is 130 Å². The van der Waals surface area contributed by atoms with Crippen LogP contribution >= 0.6 is 0 Å². The van der Waals surface area contributed by atoms with Crippen LogP contribution in [0, 0.1) is 5.82 Å². The highest BCUT2D eigenvalue weighted by molar-refractivity contribution is 7.92. The fourth-order valence-corrected chi connectivity index (χ4v) is 5.91. The smallest absolute Gasteiger partial charge is 0.255 e. The third-order valence-electron chi connectivity index (χ3n) is 7.62. The molecule has 0 saturated carbocycles. The number of hydrogen-bond acceptors (Lipinski definition) is 7. The molecule has 0 radical (unpaired) electrons. The summed E-state index contributed by atoms with van der Waals surface area (Å²) in [5, 5.41) is 4.01. The predicted molar refractivity (Wildman–Crippen MR) is 161 cm³/mol. The number of aromatic nitrogens is 3. The Balaban J connectivity index is 1.49. The molecule has 7 rings (SSSR count). The maximum atomic E-state index is 13.7. The fraction of sp³-hybridized carbons (Fsp3) is 0.129. The molecule has 1 amide bonds. The van der Waals surface area contributed by atoms with Crippen LogP contribution in [0.15, 0.2) is 71.3 Å². The molecule has 5 heterocycles. The number of ether oxygens (including phenoxy) is 1. The number of carbonyl (C=O) groups is 1. The summed E-state index contributed by atoms with van der Waals surface area (Å²) in [6.07, 6.45) is 2.80. The van der Waals surface area contributed by atoms with Crippen molar-refractivity contribution in [3.05, 3.63) is 83.8 Å². The molecule has 0 saturated heterocycles. The molecule has 0 spiro atoms. The minimum absolute atomic E-state index is 0.224. The molecule has 0 bridgehead atoms. The molecule has 0 atom stereocenters. The van der Waals surface area contributed by atoms with E-state index < -0.39 is 21.7 Å². The van der Waals surface area contributed by atoms with Crippen molar-refractivity contribution in [3.63, 3.8) is 0 Å². The summed E-state index contributed by atoms with van der Waals surface area (Å²) in [4.78, 5) is 25.9. The van der Waals surface area contributed by atoms with E-state index in [9.17, 15) is 17.6 Å². The van der Waals surface area contributed by atoms with E-state index in [0.717, 1.165) is 27.2 Å². The first-order valence-electron chi connectivity index (χ1n) is 13.3. The van der Waals surface area contributed by atoms with Gasteiger partial charge in [0.15, 0.2) is 0 Å². The minimum Gasteiger partial charge on any atom is -0.486 e. The van der Waals surface area contributed by atoms with Gasteiger partial charge in [0, 0.05) is 53.8 Å². The Bertz CT molecular complexity index is 2210. The van der Waals surface area contributed by atoms with Crippen molar-refractivity contribution in [3.8, 4) is 39.7 Å². The van der Waals surface area contributed by atoms with E-state index in [-0.39, 0.29) is 16.9 Å². The van der Waals surface area contributed by atoms with E-state index in [4.69, 9.17) is 14.1 Å². The predicted octanol–water partition coefficient (Wildman–Crippen LogP) is 5.49.